The van der Waals surface area contributed by atoms with Crippen LogP contribution in [0.5, 0.6) is 0 Å². The van der Waals surface area contributed by atoms with Crippen LogP contribution in [0.2, 0.25) is 5.02 Å². The molecular weight excluding hydrogens is 407 g/mol. The molecule has 0 heterocycles. The van der Waals surface area contributed by atoms with Gasteiger partial charge in [0.05, 0.1) is 11.3 Å². The van der Waals surface area contributed by atoms with E-state index in [2.05, 4.69) is 5.32 Å². The number of nitrogen functional groups attached to an aromatic ring is 1. The fourth-order valence-corrected chi connectivity index (χ4v) is 2.48. The lowest BCUT2D eigenvalue weighted by Crippen LogP contribution is -2.15. The average Bonchev–Trinajstić information content (AvgIpc) is 2.39. The van der Waals surface area contributed by atoms with E-state index in [9.17, 15) is 9.59 Å². The summed E-state index contributed by atoms with van der Waals surface area (Å²) in [4.78, 5) is 23.4. The minimum Gasteiger partial charge on any atom is -0.478 e. The van der Waals surface area contributed by atoms with Gasteiger partial charge < -0.3 is 16.2 Å². The monoisotopic (exact) mass is 416 g/mol. The Morgan fingerprint density at radius 1 is 1.19 bits per heavy atom. The Balaban J connectivity index is 2.33. The highest BCUT2D eigenvalue weighted by Gasteiger charge is 2.14. The van der Waals surface area contributed by atoms with Crippen LogP contribution in [-0.2, 0) is 0 Å². The van der Waals surface area contributed by atoms with Gasteiger partial charge in [-0.3, -0.25) is 4.79 Å². The number of nitrogens with one attached hydrogen (secondary N) is 1. The smallest absolute Gasteiger partial charge is 0.337 e. The van der Waals surface area contributed by atoms with Crippen LogP contribution in [0.4, 0.5) is 11.4 Å². The van der Waals surface area contributed by atoms with E-state index in [0.29, 0.717) is 10.7 Å². The maximum atomic E-state index is 12.2. The minimum absolute atomic E-state index is 0.0188. The van der Waals surface area contributed by atoms with Crippen LogP contribution >= 0.6 is 34.2 Å². The predicted molar refractivity (Wildman–Crippen MR) is 89.9 cm³/mol. The molecule has 0 unspecified atom stereocenters. The van der Waals surface area contributed by atoms with Gasteiger partial charge in [-0.25, -0.2) is 4.79 Å². The Morgan fingerprint density at radius 3 is 2.52 bits per heavy atom. The van der Waals surface area contributed by atoms with Crippen LogP contribution < -0.4 is 11.1 Å². The molecule has 21 heavy (non-hydrogen) atoms. The molecule has 0 fully saturated rings. The number of carbonyl (C=O) groups excluding carboxylic acids is 1. The number of hydrogen-bond acceptors (Lipinski definition) is 3. The van der Waals surface area contributed by atoms with E-state index in [1.54, 1.807) is 6.07 Å². The van der Waals surface area contributed by atoms with Crippen molar-refractivity contribution in [3.8, 4) is 0 Å². The number of rotatable bonds is 3. The first kappa shape index (κ1) is 15.6. The van der Waals surface area contributed by atoms with E-state index in [-0.39, 0.29) is 16.8 Å². The molecule has 0 aromatic heterocycles. The van der Waals surface area contributed by atoms with Gasteiger partial charge in [0.1, 0.15) is 0 Å². The van der Waals surface area contributed by atoms with Crippen LogP contribution in [0.25, 0.3) is 0 Å². The minimum atomic E-state index is -1.12. The molecule has 0 aliphatic heterocycles. The summed E-state index contributed by atoms with van der Waals surface area (Å²) in [6.07, 6.45) is 0. The maximum absolute atomic E-state index is 12.2. The lowest BCUT2D eigenvalue weighted by molar-refractivity contribution is 0.0698. The first-order valence-corrected chi connectivity index (χ1v) is 7.23. The van der Waals surface area contributed by atoms with Gasteiger partial charge in [-0.05, 0) is 59.0 Å². The van der Waals surface area contributed by atoms with Crippen LogP contribution in [0.15, 0.2) is 36.4 Å². The molecule has 0 aliphatic carbocycles. The van der Waals surface area contributed by atoms with Crippen molar-refractivity contribution in [1.82, 2.24) is 0 Å². The molecule has 0 saturated carbocycles. The van der Waals surface area contributed by atoms with Gasteiger partial charge in [-0.1, -0.05) is 11.6 Å². The summed E-state index contributed by atoms with van der Waals surface area (Å²) >= 11 is 7.84. The van der Waals surface area contributed by atoms with E-state index >= 15 is 0 Å². The molecule has 0 atom stereocenters. The van der Waals surface area contributed by atoms with Crippen molar-refractivity contribution >= 4 is 57.4 Å². The van der Waals surface area contributed by atoms with Crippen molar-refractivity contribution in [3.63, 3.8) is 0 Å². The largest absolute Gasteiger partial charge is 0.478 e. The number of benzene rings is 2. The molecule has 0 spiro atoms. The van der Waals surface area contributed by atoms with Gasteiger partial charge in [0, 0.05) is 19.8 Å². The topological polar surface area (TPSA) is 92.4 Å². The Bertz CT molecular complexity index is 714. The van der Waals surface area contributed by atoms with E-state index in [1.807, 2.05) is 22.6 Å². The van der Waals surface area contributed by atoms with Crippen LogP contribution in [0, 0.1) is 3.57 Å². The first-order chi connectivity index (χ1) is 9.86. The summed E-state index contributed by atoms with van der Waals surface area (Å²) in [7, 11) is 0. The highest BCUT2D eigenvalue weighted by molar-refractivity contribution is 14.1. The molecule has 2 aromatic carbocycles. The predicted octanol–water partition coefficient (Wildman–Crippen LogP) is 3.48. The van der Waals surface area contributed by atoms with Crippen LogP contribution in [0.1, 0.15) is 20.7 Å². The molecule has 7 heteroatoms. The summed E-state index contributed by atoms with van der Waals surface area (Å²) in [5.41, 5.74) is 6.48. The summed E-state index contributed by atoms with van der Waals surface area (Å²) in [6, 6.07) is 9.16. The van der Waals surface area contributed by atoms with Crippen molar-refractivity contribution < 1.29 is 14.7 Å². The van der Waals surface area contributed by atoms with E-state index in [1.165, 1.54) is 30.3 Å². The fraction of sp³-hybridized carbons (Fsp3) is 0. The molecule has 0 saturated heterocycles. The molecule has 1 amide bonds. The molecule has 4 N–H and O–H groups in total. The third kappa shape index (κ3) is 3.85. The molecule has 0 radical (unpaired) electrons. The van der Waals surface area contributed by atoms with Gasteiger partial charge >= 0.3 is 5.97 Å². The molecule has 0 bridgehead atoms. The molecule has 5 nitrogen and oxygen atoms in total. The Morgan fingerprint density at radius 2 is 1.90 bits per heavy atom. The maximum Gasteiger partial charge on any atom is 0.337 e. The van der Waals surface area contributed by atoms with Crippen LogP contribution in [0.3, 0.4) is 0 Å². The molecular formula is C14H10ClIN2O3. The lowest BCUT2D eigenvalue weighted by atomic mass is 10.1. The number of carboxylic acid groups (broad SMARTS) is 1. The SMILES string of the molecule is Nc1cc(Cl)cc(C(=O)Nc2ccc(I)cc2C(=O)O)c1. The first-order valence-electron chi connectivity index (χ1n) is 5.77. The molecule has 2 rings (SSSR count). The van der Waals surface area contributed by atoms with Gasteiger partial charge in [0.15, 0.2) is 0 Å². The number of amides is 1. The number of halogens is 2. The number of carbonyl (C=O) groups is 2. The number of hydrogen-bond donors (Lipinski definition) is 3. The third-order valence-corrected chi connectivity index (χ3v) is 3.53. The highest BCUT2D eigenvalue weighted by atomic mass is 127. The zero-order valence-electron chi connectivity index (χ0n) is 10.6. The van der Waals surface area contributed by atoms with E-state index in [4.69, 9.17) is 22.4 Å². The number of anilines is 2. The Kier molecular flexibility index (Phi) is 4.69. The van der Waals surface area contributed by atoms with Gasteiger partial charge in [-0.15, -0.1) is 0 Å². The van der Waals surface area contributed by atoms with Crippen LogP contribution in [-0.4, -0.2) is 17.0 Å². The molecule has 0 aliphatic rings. The normalized spacial score (nSPS) is 10.2. The molecule has 108 valence electrons. The summed E-state index contributed by atoms with van der Waals surface area (Å²) in [6.45, 7) is 0. The zero-order chi connectivity index (χ0) is 15.6. The summed E-state index contributed by atoms with van der Waals surface area (Å²) < 4.78 is 0.759. The van der Waals surface area contributed by atoms with Gasteiger partial charge in [0.2, 0.25) is 0 Å². The average molecular weight is 417 g/mol. The van der Waals surface area contributed by atoms with Crippen molar-refractivity contribution in [2.45, 2.75) is 0 Å². The van der Waals surface area contributed by atoms with Gasteiger partial charge in [0.25, 0.3) is 5.91 Å². The summed E-state index contributed by atoms with van der Waals surface area (Å²) in [5, 5.41) is 12.1. The summed E-state index contributed by atoms with van der Waals surface area (Å²) in [5.74, 6) is -1.60. The van der Waals surface area contributed by atoms with Crippen molar-refractivity contribution in [1.29, 1.82) is 0 Å². The van der Waals surface area contributed by atoms with E-state index in [0.717, 1.165) is 3.57 Å². The van der Waals surface area contributed by atoms with Crippen molar-refractivity contribution in [2.75, 3.05) is 11.1 Å². The third-order valence-electron chi connectivity index (χ3n) is 2.64. The Labute approximate surface area is 139 Å². The quantitative estimate of drug-likeness (QED) is 0.528. The second-order valence-corrected chi connectivity index (χ2v) is 5.90. The van der Waals surface area contributed by atoms with Crippen molar-refractivity contribution in [2.24, 2.45) is 0 Å². The highest BCUT2D eigenvalue weighted by Crippen LogP contribution is 2.21. The second kappa shape index (κ2) is 6.31. The lowest BCUT2D eigenvalue weighted by Gasteiger charge is -2.09. The zero-order valence-corrected chi connectivity index (χ0v) is 13.5. The standard InChI is InChI=1S/C14H10ClIN2O3/c15-8-3-7(4-10(17)5-8)13(19)18-12-2-1-9(16)6-11(12)14(20)21/h1-6H,17H2,(H,18,19)(H,20,21). The molecule has 2 aromatic rings. The number of carboxylic acids is 1. The number of nitrogens with two attached hydrogens (primary N) is 1. The number of aromatic carboxylic acids is 1. The van der Waals surface area contributed by atoms with Crippen molar-refractivity contribution in [3.05, 3.63) is 56.1 Å². The van der Waals surface area contributed by atoms with E-state index < -0.39 is 11.9 Å². The fourth-order valence-electron chi connectivity index (χ4n) is 1.74. The second-order valence-electron chi connectivity index (χ2n) is 4.22. The van der Waals surface area contributed by atoms with Gasteiger partial charge in [-0.2, -0.15) is 0 Å². The Hall–Kier alpha value is -1.80.